The SMILES string of the molecule is CC(=O)c1cnn(CC2CCCCC2)c1. The quantitative estimate of drug-likeness (QED) is 0.713. The van der Waals surface area contributed by atoms with Crippen LogP contribution in [0, 0.1) is 5.92 Å². The average Bonchev–Trinajstić information content (AvgIpc) is 2.68. The molecule has 1 heterocycles. The van der Waals surface area contributed by atoms with Crippen molar-refractivity contribution in [1.82, 2.24) is 9.78 Å². The molecule has 3 heteroatoms. The Morgan fingerprint density at radius 2 is 2.20 bits per heavy atom. The van der Waals surface area contributed by atoms with E-state index in [1.807, 2.05) is 10.9 Å². The Hall–Kier alpha value is -1.12. The molecule has 0 aromatic carbocycles. The maximum absolute atomic E-state index is 11.1. The van der Waals surface area contributed by atoms with E-state index in [-0.39, 0.29) is 5.78 Å². The maximum Gasteiger partial charge on any atom is 0.162 e. The summed E-state index contributed by atoms with van der Waals surface area (Å²) in [5.41, 5.74) is 0.728. The van der Waals surface area contributed by atoms with Crippen LogP contribution in [0.4, 0.5) is 0 Å². The van der Waals surface area contributed by atoms with Crippen LogP contribution in [-0.2, 0) is 6.54 Å². The first kappa shape index (κ1) is 10.4. The summed E-state index contributed by atoms with van der Waals surface area (Å²) in [5.74, 6) is 0.864. The highest BCUT2D eigenvalue weighted by Crippen LogP contribution is 2.24. The molecule has 0 amide bonds. The molecule has 0 bridgehead atoms. The van der Waals surface area contributed by atoms with Crippen molar-refractivity contribution in [2.45, 2.75) is 45.6 Å². The van der Waals surface area contributed by atoms with E-state index < -0.39 is 0 Å². The molecule has 0 aliphatic heterocycles. The second kappa shape index (κ2) is 4.60. The van der Waals surface area contributed by atoms with Crippen LogP contribution in [-0.4, -0.2) is 15.6 Å². The van der Waals surface area contributed by atoms with E-state index in [9.17, 15) is 4.79 Å². The van der Waals surface area contributed by atoms with Crippen molar-refractivity contribution in [3.8, 4) is 0 Å². The fraction of sp³-hybridized carbons (Fsp3) is 0.667. The molecule has 0 spiro atoms. The first-order chi connectivity index (χ1) is 7.25. The van der Waals surface area contributed by atoms with Crippen LogP contribution in [0.1, 0.15) is 49.4 Å². The van der Waals surface area contributed by atoms with Crippen molar-refractivity contribution in [2.24, 2.45) is 5.92 Å². The second-order valence-electron chi connectivity index (χ2n) is 4.51. The van der Waals surface area contributed by atoms with Gasteiger partial charge in [-0.15, -0.1) is 0 Å². The third-order valence-corrected chi connectivity index (χ3v) is 3.21. The largest absolute Gasteiger partial charge is 0.294 e. The van der Waals surface area contributed by atoms with Crippen LogP contribution in [0.3, 0.4) is 0 Å². The van der Waals surface area contributed by atoms with Gasteiger partial charge in [-0.2, -0.15) is 5.10 Å². The highest BCUT2D eigenvalue weighted by molar-refractivity contribution is 5.93. The maximum atomic E-state index is 11.1. The van der Waals surface area contributed by atoms with Gasteiger partial charge in [0.1, 0.15) is 0 Å². The molecular weight excluding hydrogens is 188 g/mol. The Kier molecular flexibility index (Phi) is 3.19. The van der Waals surface area contributed by atoms with Crippen molar-refractivity contribution >= 4 is 5.78 Å². The normalized spacial score (nSPS) is 17.9. The van der Waals surface area contributed by atoms with E-state index in [0.29, 0.717) is 0 Å². The monoisotopic (exact) mass is 206 g/mol. The Bertz CT molecular complexity index is 337. The first-order valence-electron chi connectivity index (χ1n) is 5.79. The molecule has 0 unspecified atom stereocenters. The van der Waals surface area contributed by atoms with Gasteiger partial charge in [0.2, 0.25) is 0 Å². The lowest BCUT2D eigenvalue weighted by atomic mass is 9.89. The molecule has 82 valence electrons. The fourth-order valence-corrected chi connectivity index (χ4v) is 2.28. The number of aromatic nitrogens is 2. The van der Waals surface area contributed by atoms with Gasteiger partial charge in [0.05, 0.1) is 11.8 Å². The summed E-state index contributed by atoms with van der Waals surface area (Å²) in [6.07, 6.45) is 10.3. The standard InChI is InChI=1S/C12H18N2O/c1-10(15)12-7-13-14(9-12)8-11-5-3-2-4-6-11/h7,9,11H,2-6,8H2,1H3. The summed E-state index contributed by atoms with van der Waals surface area (Å²) in [5, 5.41) is 4.23. The summed E-state index contributed by atoms with van der Waals surface area (Å²) >= 11 is 0. The van der Waals surface area contributed by atoms with Gasteiger partial charge >= 0.3 is 0 Å². The zero-order chi connectivity index (χ0) is 10.7. The van der Waals surface area contributed by atoms with Crippen LogP contribution in [0.15, 0.2) is 12.4 Å². The Morgan fingerprint density at radius 3 is 2.80 bits per heavy atom. The van der Waals surface area contributed by atoms with Gasteiger partial charge in [0.25, 0.3) is 0 Å². The Labute approximate surface area is 90.5 Å². The molecule has 1 fully saturated rings. The van der Waals surface area contributed by atoms with Crippen molar-refractivity contribution in [1.29, 1.82) is 0 Å². The second-order valence-corrected chi connectivity index (χ2v) is 4.51. The molecule has 1 aromatic rings. The summed E-state index contributed by atoms with van der Waals surface area (Å²) in [4.78, 5) is 11.1. The number of nitrogens with zero attached hydrogens (tertiary/aromatic N) is 2. The highest BCUT2D eigenvalue weighted by atomic mass is 16.1. The molecule has 0 radical (unpaired) electrons. The predicted octanol–water partition coefficient (Wildman–Crippen LogP) is 2.67. The van der Waals surface area contributed by atoms with Crippen molar-refractivity contribution in [3.05, 3.63) is 18.0 Å². The van der Waals surface area contributed by atoms with E-state index >= 15 is 0 Å². The lowest BCUT2D eigenvalue weighted by molar-refractivity contribution is 0.101. The summed E-state index contributed by atoms with van der Waals surface area (Å²) in [6, 6.07) is 0. The van der Waals surface area contributed by atoms with Crippen molar-refractivity contribution < 1.29 is 4.79 Å². The average molecular weight is 206 g/mol. The van der Waals surface area contributed by atoms with Gasteiger partial charge in [-0.05, 0) is 25.7 Å². The topological polar surface area (TPSA) is 34.9 Å². The summed E-state index contributed by atoms with van der Waals surface area (Å²) < 4.78 is 1.92. The van der Waals surface area contributed by atoms with Crippen LogP contribution in [0.5, 0.6) is 0 Å². The molecule has 2 rings (SSSR count). The van der Waals surface area contributed by atoms with Gasteiger partial charge in [-0.3, -0.25) is 9.48 Å². The summed E-state index contributed by atoms with van der Waals surface area (Å²) in [7, 11) is 0. The Balaban J connectivity index is 1.94. The molecule has 1 saturated carbocycles. The molecule has 15 heavy (non-hydrogen) atoms. The molecule has 0 atom stereocenters. The zero-order valence-corrected chi connectivity index (χ0v) is 9.28. The van der Waals surface area contributed by atoms with Gasteiger partial charge < -0.3 is 0 Å². The number of rotatable bonds is 3. The first-order valence-corrected chi connectivity index (χ1v) is 5.79. The Morgan fingerprint density at radius 1 is 1.47 bits per heavy atom. The lowest BCUT2D eigenvalue weighted by Gasteiger charge is -2.21. The number of Topliss-reactive ketones (excluding diaryl/α,β-unsaturated/α-hetero) is 1. The number of hydrogen-bond acceptors (Lipinski definition) is 2. The molecule has 0 N–H and O–H groups in total. The molecule has 0 saturated heterocycles. The summed E-state index contributed by atoms with van der Waals surface area (Å²) in [6.45, 7) is 2.56. The molecule has 1 aliphatic rings. The van der Waals surface area contributed by atoms with Crippen LogP contribution in [0.25, 0.3) is 0 Å². The van der Waals surface area contributed by atoms with Crippen molar-refractivity contribution in [2.75, 3.05) is 0 Å². The van der Waals surface area contributed by atoms with Gasteiger partial charge in [-0.25, -0.2) is 0 Å². The lowest BCUT2D eigenvalue weighted by Crippen LogP contribution is -2.14. The van der Waals surface area contributed by atoms with Crippen LogP contribution >= 0.6 is 0 Å². The molecule has 1 aromatic heterocycles. The number of ketones is 1. The minimum Gasteiger partial charge on any atom is -0.294 e. The third-order valence-electron chi connectivity index (χ3n) is 3.21. The van der Waals surface area contributed by atoms with Gasteiger partial charge in [-0.1, -0.05) is 19.3 Å². The van der Waals surface area contributed by atoms with Gasteiger partial charge in [0.15, 0.2) is 5.78 Å². The third kappa shape index (κ3) is 2.67. The number of carbonyl (C=O) groups is 1. The van der Waals surface area contributed by atoms with Crippen LogP contribution in [0.2, 0.25) is 0 Å². The highest BCUT2D eigenvalue weighted by Gasteiger charge is 2.14. The number of carbonyl (C=O) groups excluding carboxylic acids is 1. The zero-order valence-electron chi connectivity index (χ0n) is 9.28. The minimum atomic E-state index is 0.102. The van der Waals surface area contributed by atoms with Crippen LogP contribution < -0.4 is 0 Å². The number of hydrogen-bond donors (Lipinski definition) is 0. The predicted molar refractivity (Wildman–Crippen MR) is 58.8 cm³/mol. The smallest absolute Gasteiger partial charge is 0.162 e. The molecule has 3 nitrogen and oxygen atoms in total. The molecule has 1 aliphatic carbocycles. The van der Waals surface area contributed by atoms with E-state index in [0.717, 1.165) is 18.0 Å². The van der Waals surface area contributed by atoms with Crippen molar-refractivity contribution in [3.63, 3.8) is 0 Å². The van der Waals surface area contributed by atoms with E-state index in [4.69, 9.17) is 0 Å². The van der Waals surface area contributed by atoms with E-state index in [2.05, 4.69) is 5.10 Å². The van der Waals surface area contributed by atoms with Gasteiger partial charge in [0, 0.05) is 12.7 Å². The van der Waals surface area contributed by atoms with E-state index in [1.165, 1.54) is 32.1 Å². The minimum absolute atomic E-state index is 0.102. The molecular formula is C12H18N2O. The fourth-order valence-electron chi connectivity index (χ4n) is 2.28. The van der Waals surface area contributed by atoms with E-state index in [1.54, 1.807) is 13.1 Å².